The van der Waals surface area contributed by atoms with Crippen LogP contribution < -0.4 is 10.2 Å². The number of rotatable bonds is 2. The molecule has 1 aliphatic carbocycles. The molecule has 1 fully saturated rings. The Bertz CT molecular complexity index is 408. The van der Waals surface area contributed by atoms with E-state index in [9.17, 15) is 0 Å². The van der Waals surface area contributed by atoms with Crippen LogP contribution in [-0.4, -0.2) is 25.1 Å². The van der Waals surface area contributed by atoms with Crippen molar-refractivity contribution in [2.45, 2.75) is 57.4 Å². The number of thiazole rings is 1. The molecule has 1 N–H and O–H groups in total. The average Bonchev–Trinajstić information content (AvgIpc) is 2.81. The Labute approximate surface area is 120 Å². The number of aromatic nitrogens is 1. The van der Waals surface area contributed by atoms with Crippen molar-refractivity contribution in [3.8, 4) is 0 Å². The smallest absolute Gasteiger partial charge is 0.185 e. The Kier molecular flexibility index (Phi) is 4.38. The summed E-state index contributed by atoms with van der Waals surface area (Å²) in [4.78, 5) is 9.05. The molecule has 106 valence electrons. The second-order valence-electron chi connectivity index (χ2n) is 5.79. The molecule has 0 bridgehead atoms. The Morgan fingerprint density at radius 3 is 2.58 bits per heavy atom. The highest BCUT2D eigenvalue weighted by Crippen LogP contribution is 2.37. The molecule has 1 aromatic heterocycles. The molecule has 1 atom stereocenters. The third-order valence-corrected chi connectivity index (χ3v) is 5.61. The minimum atomic E-state index is 0.489. The molecule has 0 amide bonds. The normalized spacial score (nSPS) is 24.7. The van der Waals surface area contributed by atoms with Crippen molar-refractivity contribution in [1.82, 2.24) is 10.3 Å². The standard InChI is InChI=1S/C15H25N3S/c1-16-12-8-7-9-13-14(12)17-15(19-13)18-10-5-3-2-4-6-11-18/h12,16H,2-11H2,1H3. The van der Waals surface area contributed by atoms with E-state index >= 15 is 0 Å². The molecule has 0 spiro atoms. The summed E-state index contributed by atoms with van der Waals surface area (Å²) in [7, 11) is 2.06. The molecule has 1 saturated heterocycles. The molecule has 1 aromatic rings. The minimum absolute atomic E-state index is 0.489. The second-order valence-corrected chi connectivity index (χ2v) is 6.86. The van der Waals surface area contributed by atoms with Gasteiger partial charge in [-0.15, -0.1) is 11.3 Å². The van der Waals surface area contributed by atoms with Crippen LogP contribution in [0.3, 0.4) is 0 Å². The van der Waals surface area contributed by atoms with E-state index in [4.69, 9.17) is 4.98 Å². The van der Waals surface area contributed by atoms with E-state index in [0.717, 1.165) is 0 Å². The lowest BCUT2D eigenvalue weighted by Crippen LogP contribution is -2.27. The van der Waals surface area contributed by atoms with Gasteiger partial charge in [-0.3, -0.25) is 0 Å². The molecule has 2 aliphatic rings. The summed E-state index contributed by atoms with van der Waals surface area (Å²) in [5.41, 5.74) is 1.34. The second kappa shape index (κ2) is 6.23. The first-order chi connectivity index (χ1) is 9.38. The van der Waals surface area contributed by atoms with E-state index in [-0.39, 0.29) is 0 Å². The lowest BCUT2D eigenvalue weighted by atomic mass is 9.98. The third-order valence-electron chi connectivity index (χ3n) is 4.42. The first-order valence-corrected chi connectivity index (χ1v) is 8.62. The van der Waals surface area contributed by atoms with Crippen LogP contribution in [0.25, 0.3) is 0 Å². The summed E-state index contributed by atoms with van der Waals surface area (Å²) in [5.74, 6) is 0. The van der Waals surface area contributed by atoms with Crippen LogP contribution in [0.5, 0.6) is 0 Å². The highest BCUT2D eigenvalue weighted by molar-refractivity contribution is 7.15. The Morgan fingerprint density at radius 1 is 1.11 bits per heavy atom. The number of fused-ring (bicyclic) bond motifs is 1. The number of aryl methyl sites for hydroxylation is 1. The van der Waals surface area contributed by atoms with Gasteiger partial charge in [0.15, 0.2) is 5.13 Å². The van der Waals surface area contributed by atoms with Gasteiger partial charge in [-0.25, -0.2) is 4.98 Å². The van der Waals surface area contributed by atoms with Gasteiger partial charge in [-0.1, -0.05) is 19.3 Å². The molecular weight excluding hydrogens is 254 g/mol. The molecule has 0 aromatic carbocycles. The zero-order valence-corrected chi connectivity index (χ0v) is 12.8. The van der Waals surface area contributed by atoms with E-state index in [1.54, 1.807) is 0 Å². The predicted molar refractivity (Wildman–Crippen MR) is 82.2 cm³/mol. The van der Waals surface area contributed by atoms with Gasteiger partial charge >= 0.3 is 0 Å². The molecular formula is C15H25N3S. The zero-order chi connectivity index (χ0) is 13.1. The number of hydrogen-bond donors (Lipinski definition) is 1. The van der Waals surface area contributed by atoms with Crippen LogP contribution in [0.4, 0.5) is 5.13 Å². The number of hydrogen-bond acceptors (Lipinski definition) is 4. The maximum Gasteiger partial charge on any atom is 0.185 e. The Balaban J connectivity index is 1.78. The summed E-state index contributed by atoms with van der Waals surface area (Å²) in [6, 6.07) is 0.489. The monoisotopic (exact) mass is 279 g/mol. The molecule has 3 nitrogen and oxygen atoms in total. The molecule has 1 aliphatic heterocycles. The van der Waals surface area contributed by atoms with Crippen LogP contribution in [0.2, 0.25) is 0 Å². The van der Waals surface area contributed by atoms with Crippen LogP contribution in [0.1, 0.15) is 61.6 Å². The van der Waals surface area contributed by atoms with Crippen molar-refractivity contribution in [3.63, 3.8) is 0 Å². The zero-order valence-electron chi connectivity index (χ0n) is 12.0. The minimum Gasteiger partial charge on any atom is -0.348 e. The van der Waals surface area contributed by atoms with Crippen molar-refractivity contribution in [2.24, 2.45) is 0 Å². The maximum atomic E-state index is 4.98. The van der Waals surface area contributed by atoms with Gasteiger partial charge in [0.1, 0.15) is 0 Å². The summed E-state index contributed by atoms with van der Waals surface area (Å²) >= 11 is 1.95. The quantitative estimate of drug-likeness (QED) is 0.898. The summed E-state index contributed by atoms with van der Waals surface area (Å²) in [6.07, 6.45) is 10.6. The fourth-order valence-electron chi connectivity index (χ4n) is 3.26. The lowest BCUT2D eigenvalue weighted by Gasteiger charge is -2.24. The maximum absolute atomic E-state index is 4.98. The van der Waals surface area contributed by atoms with Crippen molar-refractivity contribution in [3.05, 3.63) is 10.6 Å². The fraction of sp³-hybridized carbons (Fsp3) is 0.800. The van der Waals surface area contributed by atoms with Crippen molar-refractivity contribution >= 4 is 16.5 Å². The number of anilines is 1. The lowest BCUT2D eigenvalue weighted by molar-refractivity contribution is 0.489. The molecule has 2 heterocycles. The molecule has 0 saturated carbocycles. The number of nitrogens with zero attached hydrogens (tertiary/aromatic N) is 2. The van der Waals surface area contributed by atoms with E-state index < -0.39 is 0 Å². The van der Waals surface area contributed by atoms with Crippen molar-refractivity contribution < 1.29 is 0 Å². The first kappa shape index (κ1) is 13.4. The first-order valence-electron chi connectivity index (χ1n) is 7.80. The highest BCUT2D eigenvalue weighted by Gasteiger charge is 2.25. The summed E-state index contributed by atoms with van der Waals surface area (Å²) in [5, 5.41) is 4.71. The topological polar surface area (TPSA) is 28.2 Å². The van der Waals surface area contributed by atoms with Crippen LogP contribution >= 0.6 is 11.3 Å². The molecule has 1 unspecified atom stereocenters. The van der Waals surface area contributed by atoms with Crippen molar-refractivity contribution in [1.29, 1.82) is 0 Å². The largest absolute Gasteiger partial charge is 0.348 e. The number of nitrogens with one attached hydrogen (secondary N) is 1. The molecule has 19 heavy (non-hydrogen) atoms. The third kappa shape index (κ3) is 2.95. The Morgan fingerprint density at radius 2 is 1.84 bits per heavy atom. The van der Waals surface area contributed by atoms with Gasteiger partial charge in [0.05, 0.1) is 11.7 Å². The van der Waals surface area contributed by atoms with Gasteiger partial charge < -0.3 is 10.2 Å². The van der Waals surface area contributed by atoms with Gasteiger partial charge in [0.25, 0.3) is 0 Å². The van der Waals surface area contributed by atoms with E-state index in [0.29, 0.717) is 6.04 Å². The van der Waals surface area contributed by atoms with E-state index in [2.05, 4.69) is 17.3 Å². The van der Waals surface area contributed by atoms with Crippen LogP contribution in [-0.2, 0) is 6.42 Å². The van der Waals surface area contributed by atoms with Gasteiger partial charge in [-0.2, -0.15) is 0 Å². The van der Waals surface area contributed by atoms with Crippen molar-refractivity contribution in [2.75, 3.05) is 25.0 Å². The Hall–Kier alpha value is -0.610. The van der Waals surface area contributed by atoms with Gasteiger partial charge in [-0.05, 0) is 39.2 Å². The molecule has 3 rings (SSSR count). The summed E-state index contributed by atoms with van der Waals surface area (Å²) in [6.45, 7) is 2.41. The predicted octanol–water partition coefficient (Wildman–Crippen LogP) is 3.51. The highest BCUT2D eigenvalue weighted by atomic mass is 32.1. The van der Waals surface area contributed by atoms with Gasteiger partial charge in [0.2, 0.25) is 0 Å². The van der Waals surface area contributed by atoms with Crippen LogP contribution in [0.15, 0.2) is 0 Å². The van der Waals surface area contributed by atoms with E-state index in [1.165, 1.54) is 80.2 Å². The van der Waals surface area contributed by atoms with Crippen LogP contribution in [0, 0.1) is 0 Å². The average molecular weight is 279 g/mol. The molecule has 0 radical (unpaired) electrons. The van der Waals surface area contributed by atoms with Gasteiger partial charge in [0, 0.05) is 18.0 Å². The SMILES string of the molecule is CNC1CCCc2sc(N3CCCCCCC3)nc21. The summed E-state index contributed by atoms with van der Waals surface area (Å²) < 4.78 is 0. The fourth-order valence-corrected chi connectivity index (χ4v) is 4.48. The van der Waals surface area contributed by atoms with E-state index in [1.807, 2.05) is 11.3 Å². The molecule has 4 heteroatoms.